The van der Waals surface area contributed by atoms with Crippen molar-refractivity contribution in [3.63, 3.8) is 0 Å². The Morgan fingerprint density at radius 2 is 1.74 bits per heavy atom. The van der Waals surface area contributed by atoms with E-state index in [0.29, 0.717) is 24.5 Å². The molecule has 6 heteroatoms. The van der Waals surface area contributed by atoms with Gasteiger partial charge in [-0.05, 0) is 30.3 Å². The third-order valence-corrected chi connectivity index (χ3v) is 3.55. The lowest BCUT2D eigenvalue weighted by Crippen LogP contribution is -2.19. The summed E-state index contributed by atoms with van der Waals surface area (Å²) >= 11 is 0. The predicted octanol–water partition coefficient (Wildman–Crippen LogP) is 3.30. The summed E-state index contributed by atoms with van der Waals surface area (Å²) in [6.07, 6.45) is 4.85. The van der Waals surface area contributed by atoms with Crippen molar-refractivity contribution in [2.75, 3.05) is 13.2 Å². The SMILES string of the molecule is O=C(N/N=C\c1cccnc1)c1ccccc1OCCOc1ccccc1. The molecule has 1 amide bonds. The minimum atomic E-state index is -0.352. The van der Waals surface area contributed by atoms with Crippen LogP contribution in [0.2, 0.25) is 0 Å². The van der Waals surface area contributed by atoms with E-state index >= 15 is 0 Å². The first kappa shape index (κ1) is 18.1. The first-order chi connectivity index (χ1) is 13.3. The van der Waals surface area contributed by atoms with Gasteiger partial charge in [-0.15, -0.1) is 0 Å². The molecule has 0 saturated carbocycles. The number of para-hydroxylation sites is 2. The third kappa shape index (κ3) is 5.67. The van der Waals surface area contributed by atoms with Crippen LogP contribution < -0.4 is 14.9 Å². The van der Waals surface area contributed by atoms with Gasteiger partial charge >= 0.3 is 0 Å². The quantitative estimate of drug-likeness (QED) is 0.380. The molecule has 0 radical (unpaired) electrons. The van der Waals surface area contributed by atoms with Gasteiger partial charge in [0.25, 0.3) is 5.91 Å². The fourth-order valence-corrected chi connectivity index (χ4v) is 2.29. The molecule has 0 aliphatic carbocycles. The molecule has 3 rings (SSSR count). The first-order valence-electron chi connectivity index (χ1n) is 8.46. The molecule has 27 heavy (non-hydrogen) atoms. The van der Waals surface area contributed by atoms with Gasteiger partial charge in [-0.2, -0.15) is 5.10 Å². The summed E-state index contributed by atoms with van der Waals surface area (Å²) in [4.78, 5) is 16.3. The lowest BCUT2D eigenvalue weighted by Gasteiger charge is -2.11. The van der Waals surface area contributed by atoms with E-state index in [1.807, 2.05) is 42.5 Å². The number of carbonyl (C=O) groups is 1. The van der Waals surface area contributed by atoms with Crippen molar-refractivity contribution in [1.82, 2.24) is 10.4 Å². The number of amides is 1. The highest BCUT2D eigenvalue weighted by molar-refractivity contribution is 5.97. The standard InChI is InChI=1S/C21H19N3O3/c25-21(24-23-16-17-7-6-12-22-15-17)19-10-4-5-11-20(19)27-14-13-26-18-8-2-1-3-9-18/h1-12,15-16H,13-14H2,(H,24,25)/b23-16-. The molecule has 1 N–H and O–H groups in total. The number of hydrogen-bond donors (Lipinski definition) is 1. The fourth-order valence-electron chi connectivity index (χ4n) is 2.29. The van der Waals surface area contributed by atoms with E-state index in [4.69, 9.17) is 9.47 Å². The number of carbonyl (C=O) groups excluding carboxylic acids is 1. The molecule has 0 bridgehead atoms. The van der Waals surface area contributed by atoms with Crippen LogP contribution in [0.3, 0.4) is 0 Å². The van der Waals surface area contributed by atoms with E-state index in [0.717, 1.165) is 11.3 Å². The Labute approximate surface area is 157 Å². The van der Waals surface area contributed by atoms with Gasteiger partial charge < -0.3 is 9.47 Å². The van der Waals surface area contributed by atoms with Crippen molar-refractivity contribution in [3.05, 3.63) is 90.3 Å². The van der Waals surface area contributed by atoms with E-state index in [-0.39, 0.29) is 5.91 Å². The molecule has 0 fully saturated rings. The number of nitrogens with one attached hydrogen (secondary N) is 1. The first-order valence-corrected chi connectivity index (χ1v) is 8.46. The maximum Gasteiger partial charge on any atom is 0.275 e. The molecule has 0 spiro atoms. The fraction of sp³-hybridized carbons (Fsp3) is 0.0952. The van der Waals surface area contributed by atoms with Crippen LogP contribution >= 0.6 is 0 Å². The van der Waals surface area contributed by atoms with E-state index in [1.165, 1.54) is 6.21 Å². The number of rotatable bonds is 8. The van der Waals surface area contributed by atoms with Crippen molar-refractivity contribution >= 4 is 12.1 Å². The smallest absolute Gasteiger partial charge is 0.275 e. The maximum atomic E-state index is 12.4. The highest BCUT2D eigenvalue weighted by atomic mass is 16.5. The van der Waals surface area contributed by atoms with Crippen LogP contribution in [-0.4, -0.2) is 30.3 Å². The molecule has 136 valence electrons. The van der Waals surface area contributed by atoms with Crippen molar-refractivity contribution in [3.8, 4) is 11.5 Å². The molecule has 0 atom stereocenters. The van der Waals surface area contributed by atoms with Crippen LogP contribution in [0.25, 0.3) is 0 Å². The van der Waals surface area contributed by atoms with Crippen LogP contribution in [0.5, 0.6) is 11.5 Å². The van der Waals surface area contributed by atoms with Crippen LogP contribution in [-0.2, 0) is 0 Å². The average molecular weight is 361 g/mol. The Hall–Kier alpha value is -3.67. The van der Waals surface area contributed by atoms with Gasteiger partial charge in [0, 0.05) is 18.0 Å². The zero-order chi connectivity index (χ0) is 18.7. The van der Waals surface area contributed by atoms with E-state index in [1.54, 1.807) is 36.7 Å². The number of nitrogens with zero attached hydrogens (tertiary/aromatic N) is 2. The van der Waals surface area contributed by atoms with E-state index in [2.05, 4.69) is 15.5 Å². The molecule has 0 saturated heterocycles. The van der Waals surface area contributed by atoms with E-state index in [9.17, 15) is 4.79 Å². The summed E-state index contributed by atoms with van der Waals surface area (Å²) < 4.78 is 11.3. The van der Waals surface area contributed by atoms with Gasteiger partial charge in [-0.3, -0.25) is 9.78 Å². The van der Waals surface area contributed by atoms with Crippen molar-refractivity contribution < 1.29 is 14.3 Å². The number of hydrazone groups is 1. The van der Waals surface area contributed by atoms with Crippen LogP contribution in [0.15, 0.2) is 84.2 Å². The highest BCUT2D eigenvalue weighted by Crippen LogP contribution is 2.18. The Bertz CT molecular complexity index is 883. The molecule has 0 aliphatic heterocycles. The topological polar surface area (TPSA) is 72.8 Å². The monoisotopic (exact) mass is 361 g/mol. The maximum absolute atomic E-state index is 12.4. The number of pyridine rings is 1. The second-order valence-corrected chi connectivity index (χ2v) is 5.49. The van der Waals surface area contributed by atoms with Crippen molar-refractivity contribution in [1.29, 1.82) is 0 Å². The van der Waals surface area contributed by atoms with Gasteiger partial charge in [0.15, 0.2) is 0 Å². The summed E-state index contributed by atoms with van der Waals surface area (Å²) in [5.41, 5.74) is 3.69. The molecule has 0 aliphatic rings. The molecule has 3 aromatic rings. The summed E-state index contributed by atoms with van der Waals surface area (Å²) in [5.74, 6) is 0.898. The van der Waals surface area contributed by atoms with Gasteiger partial charge in [-0.1, -0.05) is 36.4 Å². The molecule has 1 heterocycles. The van der Waals surface area contributed by atoms with Crippen LogP contribution in [0, 0.1) is 0 Å². The Morgan fingerprint density at radius 1 is 0.963 bits per heavy atom. The summed E-state index contributed by atoms with van der Waals surface area (Å²) in [5, 5.41) is 3.95. The lowest BCUT2D eigenvalue weighted by molar-refractivity contribution is 0.0950. The molecule has 2 aromatic carbocycles. The van der Waals surface area contributed by atoms with Gasteiger partial charge in [0.05, 0.1) is 11.8 Å². The summed E-state index contributed by atoms with van der Waals surface area (Å²) in [7, 11) is 0. The molecular formula is C21H19N3O3. The van der Waals surface area contributed by atoms with Crippen LogP contribution in [0.1, 0.15) is 15.9 Å². The van der Waals surface area contributed by atoms with E-state index < -0.39 is 0 Å². The normalized spacial score (nSPS) is 10.5. The Kier molecular flexibility index (Phi) is 6.53. The third-order valence-electron chi connectivity index (χ3n) is 3.55. The minimum absolute atomic E-state index is 0.318. The Balaban J connectivity index is 1.53. The number of aromatic nitrogens is 1. The molecule has 1 aromatic heterocycles. The number of hydrogen-bond acceptors (Lipinski definition) is 5. The number of benzene rings is 2. The second-order valence-electron chi connectivity index (χ2n) is 5.49. The molecule has 6 nitrogen and oxygen atoms in total. The predicted molar refractivity (Wildman–Crippen MR) is 103 cm³/mol. The zero-order valence-corrected chi connectivity index (χ0v) is 14.6. The van der Waals surface area contributed by atoms with Crippen LogP contribution in [0.4, 0.5) is 0 Å². The van der Waals surface area contributed by atoms with Gasteiger partial charge in [0.1, 0.15) is 24.7 Å². The summed E-state index contributed by atoms with van der Waals surface area (Å²) in [6, 6.07) is 20.1. The van der Waals surface area contributed by atoms with Crippen molar-refractivity contribution in [2.24, 2.45) is 5.10 Å². The average Bonchev–Trinajstić information content (AvgIpc) is 2.73. The van der Waals surface area contributed by atoms with Crippen molar-refractivity contribution in [2.45, 2.75) is 0 Å². The molecular weight excluding hydrogens is 342 g/mol. The lowest BCUT2D eigenvalue weighted by atomic mass is 10.2. The Morgan fingerprint density at radius 3 is 2.56 bits per heavy atom. The summed E-state index contributed by atoms with van der Waals surface area (Å²) in [6.45, 7) is 0.692. The second kappa shape index (κ2) is 9.72. The zero-order valence-electron chi connectivity index (χ0n) is 14.6. The van der Waals surface area contributed by atoms with Gasteiger partial charge in [-0.25, -0.2) is 5.43 Å². The largest absolute Gasteiger partial charge is 0.490 e. The van der Waals surface area contributed by atoms with Gasteiger partial charge in [0.2, 0.25) is 0 Å². The highest BCUT2D eigenvalue weighted by Gasteiger charge is 2.11. The molecule has 0 unspecified atom stereocenters. The number of ether oxygens (including phenoxy) is 2. The minimum Gasteiger partial charge on any atom is -0.490 e.